The molecule has 0 fully saturated rings. The number of rotatable bonds is 5. The SMILES string of the molecule is COCCNC(=O)c1c2n(c(C)cc1=O)-c1cc(C(F)(F)F)ccc1SC(c1ccsc1)C2. The van der Waals surface area contributed by atoms with Gasteiger partial charge in [0.25, 0.3) is 5.91 Å². The van der Waals surface area contributed by atoms with Crippen LogP contribution in [-0.4, -0.2) is 30.7 Å². The monoisotopic (exact) mass is 494 g/mol. The first kappa shape index (κ1) is 23.6. The predicted molar refractivity (Wildman–Crippen MR) is 123 cm³/mol. The number of benzene rings is 1. The van der Waals surface area contributed by atoms with Gasteiger partial charge in [0, 0.05) is 47.7 Å². The van der Waals surface area contributed by atoms with Crippen LogP contribution in [0.4, 0.5) is 13.2 Å². The van der Waals surface area contributed by atoms with E-state index in [9.17, 15) is 22.8 Å². The van der Waals surface area contributed by atoms with Crippen LogP contribution in [-0.2, 0) is 17.3 Å². The summed E-state index contributed by atoms with van der Waals surface area (Å²) in [4.78, 5) is 26.6. The number of alkyl halides is 3. The number of nitrogens with zero attached hydrogens (tertiary/aromatic N) is 1. The topological polar surface area (TPSA) is 60.3 Å². The molecule has 1 unspecified atom stereocenters. The van der Waals surface area contributed by atoms with Crippen LogP contribution in [0.2, 0.25) is 0 Å². The Morgan fingerprint density at radius 3 is 2.73 bits per heavy atom. The minimum Gasteiger partial charge on any atom is -0.383 e. The molecule has 3 heterocycles. The molecule has 4 rings (SSSR count). The average Bonchev–Trinajstić information content (AvgIpc) is 3.22. The standard InChI is InChI=1S/C23H21F3N2O3S2/c1-13-9-18(29)21(22(30)27-6-7-31-2)17-11-20(14-5-8-32-12-14)33-19-4-3-15(23(24,25)26)10-16(19)28(13)17/h3-5,8-10,12,20H,6-7,11H2,1-2H3,(H,27,30). The fraction of sp³-hybridized carbons (Fsp3) is 0.304. The smallest absolute Gasteiger partial charge is 0.383 e. The fourth-order valence-corrected chi connectivity index (χ4v) is 5.95. The first-order valence-electron chi connectivity index (χ1n) is 10.1. The van der Waals surface area contributed by atoms with E-state index in [1.54, 1.807) is 11.5 Å². The maximum Gasteiger partial charge on any atom is 0.416 e. The minimum absolute atomic E-state index is 0.0530. The number of hydrogen-bond acceptors (Lipinski definition) is 5. The van der Waals surface area contributed by atoms with Gasteiger partial charge >= 0.3 is 6.18 Å². The normalized spacial score (nSPS) is 15.5. The third kappa shape index (κ3) is 4.73. The van der Waals surface area contributed by atoms with E-state index in [0.29, 0.717) is 28.4 Å². The van der Waals surface area contributed by atoms with Crippen molar-refractivity contribution in [1.29, 1.82) is 0 Å². The summed E-state index contributed by atoms with van der Waals surface area (Å²) in [6.07, 6.45) is -4.21. The number of pyridine rings is 1. The van der Waals surface area contributed by atoms with Crippen LogP contribution in [0, 0.1) is 6.92 Å². The summed E-state index contributed by atoms with van der Waals surface area (Å²) in [5.74, 6) is -0.565. The summed E-state index contributed by atoms with van der Waals surface area (Å²) in [7, 11) is 1.50. The molecular formula is C23H21F3N2O3S2. The van der Waals surface area contributed by atoms with Crippen molar-refractivity contribution < 1.29 is 22.7 Å². The van der Waals surface area contributed by atoms with Crippen molar-refractivity contribution in [1.82, 2.24) is 9.88 Å². The summed E-state index contributed by atoms with van der Waals surface area (Å²) < 4.78 is 47.2. The second-order valence-corrected chi connectivity index (χ2v) is 9.63. The number of carbonyl (C=O) groups excluding carboxylic acids is 1. The first-order valence-corrected chi connectivity index (χ1v) is 12.0. The third-order valence-corrected chi connectivity index (χ3v) is 7.43. The van der Waals surface area contributed by atoms with Gasteiger partial charge in [0.05, 0.1) is 17.9 Å². The number of amides is 1. The number of fused-ring (bicyclic) bond motifs is 3. The molecule has 5 nitrogen and oxygen atoms in total. The molecule has 1 aromatic carbocycles. The van der Waals surface area contributed by atoms with E-state index in [1.165, 1.54) is 42.3 Å². The highest BCUT2D eigenvalue weighted by Crippen LogP contribution is 2.46. The van der Waals surface area contributed by atoms with Gasteiger partial charge in [-0.25, -0.2) is 0 Å². The van der Waals surface area contributed by atoms with Gasteiger partial charge in [0.1, 0.15) is 5.56 Å². The molecule has 1 aliphatic heterocycles. The predicted octanol–water partition coefficient (Wildman–Crippen LogP) is 4.99. The fourth-order valence-electron chi connectivity index (χ4n) is 3.90. The Bertz CT molecular complexity index is 1240. The van der Waals surface area contributed by atoms with Crippen LogP contribution in [0.15, 0.2) is 50.8 Å². The molecule has 33 heavy (non-hydrogen) atoms. The van der Waals surface area contributed by atoms with Crippen molar-refractivity contribution in [3.8, 4) is 5.69 Å². The van der Waals surface area contributed by atoms with Crippen molar-refractivity contribution in [2.24, 2.45) is 0 Å². The Morgan fingerprint density at radius 1 is 1.27 bits per heavy atom. The van der Waals surface area contributed by atoms with Gasteiger partial charge in [0.2, 0.25) is 0 Å². The van der Waals surface area contributed by atoms with Crippen LogP contribution in [0.25, 0.3) is 5.69 Å². The number of nitrogens with one attached hydrogen (secondary N) is 1. The van der Waals surface area contributed by atoms with Gasteiger partial charge in [-0.1, -0.05) is 0 Å². The Balaban J connectivity index is 1.96. The molecule has 2 aromatic heterocycles. The van der Waals surface area contributed by atoms with E-state index in [0.717, 1.165) is 17.7 Å². The van der Waals surface area contributed by atoms with E-state index in [1.807, 2.05) is 16.8 Å². The number of methoxy groups -OCH3 is 1. The van der Waals surface area contributed by atoms with E-state index in [-0.39, 0.29) is 24.0 Å². The molecule has 10 heteroatoms. The lowest BCUT2D eigenvalue weighted by Gasteiger charge is -2.20. The van der Waals surface area contributed by atoms with Gasteiger partial charge in [-0.3, -0.25) is 9.59 Å². The lowest BCUT2D eigenvalue weighted by molar-refractivity contribution is -0.137. The number of hydrogen-bond donors (Lipinski definition) is 1. The number of carbonyl (C=O) groups is 1. The number of aryl methyl sites for hydroxylation is 1. The molecule has 0 aliphatic carbocycles. The summed E-state index contributed by atoms with van der Waals surface area (Å²) in [6.45, 7) is 2.14. The zero-order valence-electron chi connectivity index (χ0n) is 17.9. The van der Waals surface area contributed by atoms with E-state index >= 15 is 0 Å². The third-order valence-electron chi connectivity index (χ3n) is 5.41. The van der Waals surface area contributed by atoms with Crippen molar-refractivity contribution in [3.63, 3.8) is 0 Å². The molecule has 0 bridgehead atoms. The summed E-state index contributed by atoms with van der Waals surface area (Å²) >= 11 is 2.95. The summed E-state index contributed by atoms with van der Waals surface area (Å²) in [5.41, 5.74) is 0.870. The highest BCUT2D eigenvalue weighted by Gasteiger charge is 2.34. The Kier molecular flexibility index (Phi) is 6.69. The zero-order chi connectivity index (χ0) is 23.8. The quantitative estimate of drug-likeness (QED) is 0.508. The largest absolute Gasteiger partial charge is 0.416 e. The molecule has 1 amide bonds. The van der Waals surface area contributed by atoms with Crippen molar-refractivity contribution in [2.75, 3.05) is 20.3 Å². The molecule has 0 spiro atoms. The van der Waals surface area contributed by atoms with Crippen LogP contribution in [0.5, 0.6) is 0 Å². The Labute approximate surface area is 196 Å². The molecule has 174 valence electrons. The van der Waals surface area contributed by atoms with E-state index in [4.69, 9.17) is 4.74 Å². The lowest BCUT2D eigenvalue weighted by Crippen LogP contribution is -2.34. The van der Waals surface area contributed by atoms with Crippen LogP contribution >= 0.6 is 23.1 Å². The minimum atomic E-state index is -4.52. The first-order chi connectivity index (χ1) is 15.7. The van der Waals surface area contributed by atoms with E-state index < -0.39 is 23.1 Å². The highest BCUT2D eigenvalue weighted by molar-refractivity contribution is 7.99. The van der Waals surface area contributed by atoms with Gasteiger partial charge in [-0.05, 0) is 47.5 Å². The van der Waals surface area contributed by atoms with Crippen molar-refractivity contribution >= 4 is 29.0 Å². The van der Waals surface area contributed by atoms with Gasteiger partial charge < -0.3 is 14.6 Å². The van der Waals surface area contributed by atoms with E-state index in [2.05, 4.69) is 5.32 Å². The van der Waals surface area contributed by atoms with Gasteiger partial charge in [-0.15, -0.1) is 11.8 Å². The van der Waals surface area contributed by atoms with Crippen LogP contribution < -0.4 is 10.7 Å². The number of thioether (sulfide) groups is 1. The lowest BCUT2D eigenvalue weighted by atomic mass is 10.0. The highest BCUT2D eigenvalue weighted by atomic mass is 32.2. The molecule has 0 saturated heterocycles. The second kappa shape index (κ2) is 9.36. The molecule has 3 aromatic rings. The van der Waals surface area contributed by atoms with Crippen LogP contribution in [0.1, 0.15) is 38.1 Å². The summed E-state index contributed by atoms with van der Waals surface area (Å²) in [5, 5.41) is 6.41. The Morgan fingerprint density at radius 2 is 2.06 bits per heavy atom. The summed E-state index contributed by atoms with van der Waals surface area (Å²) in [6, 6.07) is 6.87. The Hall–Kier alpha value is -2.56. The average molecular weight is 495 g/mol. The number of halogens is 3. The van der Waals surface area contributed by atoms with Crippen LogP contribution in [0.3, 0.4) is 0 Å². The van der Waals surface area contributed by atoms with Crippen molar-refractivity contribution in [3.05, 3.63) is 79.4 Å². The number of thiophene rings is 1. The molecule has 1 N–H and O–H groups in total. The number of ether oxygens (including phenoxy) is 1. The number of aromatic nitrogens is 1. The zero-order valence-corrected chi connectivity index (χ0v) is 19.5. The molecule has 0 radical (unpaired) electrons. The van der Waals surface area contributed by atoms with Gasteiger partial charge in [0.15, 0.2) is 5.43 Å². The van der Waals surface area contributed by atoms with Gasteiger partial charge in [-0.2, -0.15) is 24.5 Å². The molecular weight excluding hydrogens is 473 g/mol. The second-order valence-electron chi connectivity index (χ2n) is 7.60. The maximum absolute atomic E-state index is 13.5. The van der Waals surface area contributed by atoms with Crippen molar-refractivity contribution in [2.45, 2.75) is 29.7 Å². The maximum atomic E-state index is 13.5. The molecule has 1 atom stereocenters. The molecule has 1 aliphatic rings. The molecule has 0 saturated carbocycles.